The number of benzene rings is 1. The van der Waals surface area contributed by atoms with Gasteiger partial charge in [0.05, 0.1) is 12.2 Å². The van der Waals surface area contributed by atoms with Crippen LogP contribution in [-0.2, 0) is 20.9 Å². The minimum Gasteiger partial charge on any atom is -0.461 e. The molecule has 6 heteroatoms. The zero-order valence-electron chi connectivity index (χ0n) is 12.7. The van der Waals surface area contributed by atoms with Gasteiger partial charge in [-0.05, 0) is 19.4 Å². The molecule has 0 radical (unpaired) electrons. The lowest BCUT2D eigenvalue weighted by Crippen LogP contribution is -2.65. The number of hydrogen-bond donors (Lipinski definition) is 2. The lowest BCUT2D eigenvalue weighted by Gasteiger charge is -2.43. The minimum absolute atomic E-state index is 0.116. The lowest BCUT2D eigenvalue weighted by molar-refractivity contribution is -0.165. The highest BCUT2D eigenvalue weighted by atomic mass is 16.6. The average Bonchev–Trinajstić information content (AvgIpc) is 2.43. The van der Waals surface area contributed by atoms with Crippen LogP contribution in [0.2, 0.25) is 0 Å². The molecule has 1 saturated carbocycles. The molecule has 2 rings (SSSR count). The van der Waals surface area contributed by atoms with E-state index in [1.54, 1.807) is 13.8 Å². The molecule has 22 heavy (non-hydrogen) atoms. The quantitative estimate of drug-likeness (QED) is 0.810. The van der Waals surface area contributed by atoms with Gasteiger partial charge < -0.3 is 19.9 Å². The molecule has 0 heterocycles. The second-order valence-electron chi connectivity index (χ2n) is 5.78. The van der Waals surface area contributed by atoms with Crippen LogP contribution in [0.15, 0.2) is 30.3 Å². The van der Waals surface area contributed by atoms with E-state index in [-0.39, 0.29) is 25.6 Å². The second kappa shape index (κ2) is 6.79. The Bertz CT molecular complexity index is 523. The summed E-state index contributed by atoms with van der Waals surface area (Å²) >= 11 is 0. The number of esters is 1. The van der Waals surface area contributed by atoms with Crippen molar-refractivity contribution in [2.75, 3.05) is 0 Å². The summed E-state index contributed by atoms with van der Waals surface area (Å²) < 4.78 is 10.3. The number of ether oxygens (including phenoxy) is 2. The minimum atomic E-state index is -1.18. The Morgan fingerprint density at radius 3 is 2.50 bits per heavy atom. The number of aliphatic hydroxyl groups excluding tert-OH is 1. The van der Waals surface area contributed by atoms with Gasteiger partial charge in [-0.1, -0.05) is 30.3 Å². The van der Waals surface area contributed by atoms with Crippen LogP contribution in [0, 0.1) is 0 Å². The molecule has 1 aromatic carbocycles. The van der Waals surface area contributed by atoms with Crippen LogP contribution in [0.25, 0.3) is 0 Å². The van der Waals surface area contributed by atoms with Gasteiger partial charge >= 0.3 is 12.1 Å². The first-order valence-corrected chi connectivity index (χ1v) is 7.29. The summed E-state index contributed by atoms with van der Waals surface area (Å²) in [4.78, 5) is 24.0. The first kappa shape index (κ1) is 16.3. The van der Waals surface area contributed by atoms with E-state index >= 15 is 0 Å². The number of aliphatic hydroxyl groups is 1. The third-order valence-corrected chi connectivity index (χ3v) is 3.46. The molecule has 2 N–H and O–H groups in total. The molecule has 0 aliphatic heterocycles. The third-order valence-electron chi connectivity index (χ3n) is 3.46. The maximum Gasteiger partial charge on any atom is 0.408 e. The molecule has 1 aromatic rings. The maximum atomic E-state index is 12.1. The summed E-state index contributed by atoms with van der Waals surface area (Å²) in [6.07, 6.45) is -1.33. The molecule has 1 fully saturated rings. The second-order valence-corrected chi connectivity index (χ2v) is 5.78. The summed E-state index contributed by atoms with van der Waals surface area (Å²) in [5.41, 5.74) is -0.331. The molecule has 120 valence electrons. The van der Waals surface area contributed by atoms with Crippen LogP contribution < -0.4 is 5.32 Å². The van der Waals surface area contributed by atoms with Crippen LogP contribution >= 0.6 is 0 Å². The van der Waals surface area contributed by atoms with Crippen molar-refractivity contribution in [2.24, 2.45) is 0 Å². The van der Waals surface area contributed by atoms with Crippen molar-refractivity contribution in [3.63, 3.8) is 0 Å². The molecule has 0 aromatic heterocycles. The van der Waals surface area contributed by atoms with E-state index in [2.05, 4.69) is 5.32 Å². The van der Waals surface area contributed by atoms with Gasteiger partial charge in [-0.15, -0.1) is 0 Å². The van der Waals surface area contributed by atoms with Gasteiger partial charge in [0.2, 0.25) is 0 Å². The van der Waals surface area contributed by atoms with Crippen LogP contribution in [0.1, 0.15) is 32.3 Å². The molecular formula is C16H21NO5. The summed E-state index contributed by atoms with van der Waals surface area (Å²) in [6, 6.07) is 9.24. The molecule has 0 saturated heterocycles. The largest absolute Gasteiger partial charge is 0.461 e. The van der Waals surface area contributed by atoms with E-state index < -0.39 is 23.7 Å². The molecule has 0 bridgehead atoms. The van der Waals surface area contributed by atoms with Gasteiger partial charge in [-0.25, -0.2) is 9.59 Å². The van der Waals surface area contributed by atoms with Crippen molar-refractivity contribution in [1.29, 1.82) is 0 Å². The van der Waals surface area contributed by atoms with Crippen LogP contribution in [-0.4, -0.2) is 34.9 Å². The van der Waals surface area contributed by atoms with Crippen LogP contribution in [0.3, 0.4) is 0 Å². The van der Waals surface area contributed by atoms with Gasteiger partial charge in [0.15, 0.2) is 0 Å². The Morgan fingerprint density at radius 2 is 1.95 bits per heavy atom. The average molecular weight is 307 g/mol. The number of carbonyl (C=O) groups excluding carboxylic acids is 2. The first-order valence-electron chi connectivity index (χ1n) is 7.29. The summed E-state index contributed by atoms with van der Waals surface area (Å²) in [5, 5.41) is 12.0. The van der Waals surface area contributed by atoms with Crippen molar-refractivity contribution in [1.82, 2.24) is 5.32 Å². The van der Waals surface area contributed by atoms with E-state index in [1.807, 2.05) is 30.3 Å². The van der Waals surface area contributed by atoms with Gasteiger partial charge in [-0.2, -0.15) is 0 Å². The standard InChI is InChI=1S/C16H21NO5/c1-11(2)22-14(19)16(8-13(18)9-16)17-15(20)21-10-12-6-4-3-5-7-12/h3-7,11,13,18H,8-10H2,1-2H3,(H,17,20). The number of rotatable bonds is 5. The van der Waals surface area contributed by atoms with Gasteiger partial charge in [-0.3, -0.25) is 0 Å². The van der Waals surface area contributed by atoms with Crippen molar-refractivity contribution >= 4 is 12.1 Å². The summed E-state index contributed by atoms with van der Waals surface area (Å²) in [7, 11) is 0. The fraction of sp³-hybridized carbons (Fsp3) is 0.500. The van der Waals surface area contributed by atoms with Gasteiger partial charge in [0, 0.05) is 12.8 Å². The maximum absolute atomic E-state index is 12.1. The van der Waals surface area contributed by atoms with Crippen molar-refractivity contribution in [3.8, 4) is 0 Å². The Balaban J connectivity index is 1.90. The van der Waals surface area contributed by atoms with E-state index in [9.17, 15) is 14.7 Å². The zero-order valence-corrected chi connectivity index (χ0v) is 12.7. The Morgan fingerprint density at radius 1 is 1.32 bits per heavy atom. The van der Waals surface area contributed by atoms with Crippen molar-refractivity contribution in [2.45, 2.75) is 51.0 Å². The molecular weight excluding hydrogens is 286 g/mol. The molecule has 6 nitrogen and oxygen atoms in total. The molecule has 0 spiro atoms. The summed E-state index contributed by atoms with van der Waals surface area (Å²) in [6.45, 7) is 3.58. The lowest BCUT2D eigenvalue weighted by atomic mass is 9.74. The monoisotopic (exact) mass is 307 g/mol. The first-order chi connectivity index (χ1) is 10.4. The van der Waals surface area contributed by atoms with Crippen molar-refractivity contribution < 1.29 is 24.2 Å². The number of carbonyl (C=O) groups is 2. The van der Waals surface area contributed by atoms with Crippen molar-refractivity contribution in [3.05, 3.63) is 35.9 Å². The van der Waals surface area contributed by atoms with E-state index in [4.69, 9.17) is 9.47 Å². The highest BCUT2D eigenvalue weighted by Gasteiger charge is 2.52. The topological polar surface area (TPSA) is 84.9 Å². The fourth-order valence-corrected chi connectivity index (χ4v) is 2.35. The predicted molar refractivity (Wildman–Crippen MR) is 79.0 cm³/mol. The Labute approximate surface area is 129 Å². The fourth-order valence-electron chi connectivity index (χ4n) is 2.35. The highest BCUT2D eigenvalue weighted by molar-refractivity contribution is 5.87. The number of amides is 1. The van der Waals surface area contributed by atoms with Crippen LogP contribution in [0.5, 0.6) is 0 Å². The van der Waals surface area contributed by atoms with E-state index in [0.717, 1.165) is 5.56 Å². The van der Waals surface area contributed by atoms with Gasteiger partial charge in [0.25, 0.3) is 0 Å². The number of hydrogen-bond acceptors (Lipinski definition) is 5. The smallest absolute Gasteiger partial charge is 0.408 e. The number of alkyl carbamates (subject to hydrolysis) is 1. The molecule has 0 atom stereocenters. The highest BCUT2D eigenvalue weighted by Crippen LogP contribution is 2.34. The predicted octanol–water partition coefficient (Wildman–Crippen LogP) is 1.76. The normalized spacial score (nSPS) is 23.5. The Hall–Kier alpha value is -2.08. The summed E-state index contributed by atoms with van der Waals surface area (Å²) in [5.74, 6) is -0.538. The molecule has 0 unspecified atom stereocenters. The Kier molecular flexibility index (Phi) is 5.03. The zero-order chi connectivity index (χ0) is 16.2. The molecule has 1 aliphatic carbocycles. The van der Waals surface area contributed by atoms with Crippen LogP contribution in [0.4, 0.5) is 4.79 Å². The SMILES string of the molecule is CC(C)OC(=O)C1(NC(=O)OCc2ccccc2)CC(O)C1. The van der Waals surface area contributed by atoms with E-state index in [1.165, 1.54) is 0 Å². The van der Waals surface area contributed by atoms with E-state index in [0.29, 0.717) is 0 Å². The third kappa shape index (κ3) is 3.98. The number of nitrogens with one attached hydrogen (secondary N) is 1. The van der Waals surface area contributed by atoms with Gasteiger partial charge in [0.1, 0.15) is 12.1 Å². The molecule has 1 amide bonds. The molecule has 1 aliphatic rings.